The molecule has 2 aromatic carbocycles. The second-order valence-corrected chi connectivity index (χ2v) is 9.46. The summed E-state index contributed by atoms with van der Waals surface area (Å²) in [6, 6.07) is 7.16. The molecule has 5 heterocycles. The highest BCUT2D eigenvalue weighted by Crippen LogP contribution is 2.47. The van der Waals surface area contributed by atoms with Crippen molar-refractivity contribution >= 4 is 11.3 Å². The Bertz CT molecular complexity index is 1290. The van der Waals surface area contributed by atoms with Gasteiger partial charge >= 0.3 is 0 Å². The lowest BCUT2D eigenvalue weighted by atomic mass is 9.86. The Morgan fingerprint density at radius 2 is 1.63 bits per heavy atom. The number of hydrogen-bond donors (Lipinski definition) is 0. The smallest absolute Gasteiger partial charge is 0.210 e. The van der Waals surface area contributed by atoms with E-state index in [1.165, 1.54) is 59.0 Å². The van der Waals surface area contributed by atoms with Crippen LogP contribution in [0.5, 0.6) is 11.5 Å². The third-order valence-electron chi connectivity index (χ3n) is 7.80. The number of aryl methyl sites for hydroxylation is 2. The number of anilines is 1. The number of fused-ring (bicyclic) bond motifs is 4. The maximum absolute atomic E-state index is 10.3. The normalized spacial score (nSPS) is 20.4. The van der Waals surface area contributed by atoms with Gasteiger partial charge in [0.15, 0.2) is 0 Å². The van der Waals surface area contributed by atoms with Crippen molar-refractivity contribution in [3.8, 4) is 17.6 Å². The molecule has 0 saturated heterocycles. The first-order chi connectivity index (χ1) is 14.8. The van der Waals surface area contributed by atoms with Gasteiger partial charge in [0.25, 0.3) is 0 Å². The van der Waals surface area contributed by atoms with Gasteiger partial charge in [-0.2, -0.15) is 5.26 Å². The lowest BCUT2D eigenvalue weighted by molar-refractivity contribution is 0.431. The minimum Gasteiger partial charge on any atom is -0.455 e. The average molecular weight is 398 g/mol. The number of ether oxygens (including phenoxy) is 1. The fraction of sp³-hybridized carbons (Fsp3) is 0.462. The van der Waals surface area contributed by atoms with Gasteiger partial charge in [0, 0.05) is 53.5 Å². The summed E-state index contributed by atoms with van der Waals surface area (Å²) in [5.74, 6) is 1.96. The molecule has 0 atom stereocenters. The van der Waals surface area contributed by atoms with Crippen LogP contribution >= 0.6 is 0 Å². The van der Waals surface area contributed by atoms with E-state index in [1.807, 2.05) is 0 Å². The number of nitrogens with zero attached hydrogens (tertiary/aromatic N) is 3. The lowest BCUT2D eigenvalue weighted by Gasteiger charge is -2.39. The molecule has 0 spiro atoms. The fourth-order valence-electron chi connectivity index (χ4n) is 6.63. The molecule has 5 aliphatic rings. The summed E-state index contributed by atoms with van der Waals surface area (Å²) >= 11 is 0. The standard InChI is InChI=1S/C26H26N3O/c27-15-22-20-13-16-5-1-9-28-11-3-7-18(23(16)28)25(20)30-26-19-8-4-12-29-10-2-6-17(24(19)29)14-21(22)26/h13-14H,1-12H2/q+1/i15+1,27+0. The van der Waals surface area contributed by atoms with E-state index < -0.39 is 0 Å². The van der Waals surface area contributed by atoms with Crippen LogP contribution in [0.25, 0.3) is 5.57 Å². The molecular formula is C26H26N3O+. The predicted octanol–water partition coefficient (Wildman–Crippen LogP) is 2.60. The highest BCUT2D eigenvalue weighted by atomic mass is 16.5. The van der Waals surface area contributed by atoms with Crippen molar-refractivity contribution in [2.45, 2.75) is 51.4 Å². The van der Waals surface area contributed by atoms with E-state index in [4.69, 9.17) is 4.74 Å². The van der Waals surface area contributed by atoms with Crippen LogP contribution in [0.2, 0.25) is 0 Å². The molecule has 0 bridgehead atoms. The van der Waals surface area contributed by atoms with Crippen molar-refractivity contribution in [3.05, 3.63) is 50.5 Å². The van der Waals surface area contributed by atoms with Crippen LogP contribution in [0.15, 0.2) is 12.1 Å². The number of benzene rings is 2. The maximum Gasteiger partial charge on any atom is 0.210 e. The number of rotatable bonds is 0. The fourth-order valence-corrected chi connectivity index (χ4v) is 6.63. The molecule has 0 fully saturated rings. The Morgan fingerprint density at radius 1 is 0.867 bits per heavy atom. The second-order valence-electron chi connectivity index (χ2n) is 9.46. The molecule has 150 valence electrons. The molecule has 0 radical (unpaired) electrons. The Labute approximate surface area is 176 Å². The molecule has 7 rings (SSSR count). The van der Waals surface area contributed by atoms with Gasteiger partial charge in [-0.3, -0.25) is 0 Å². The zero-order valence-corrected chi connectivity index (χ0v) is 17.4. The zero-order valence-electron chi connectivity index (χ0n) is 17.4. The molecule has 0 aromatic heterocycles. The van der Waals surface area contributed by atoms with Crippen LogP contribution in [0.3, 0.4) is 0 Å². The topological polar surface area (TPSA) is 39.3 Å². The highest BCUT2D eigenvalue weighted by Gasteiger charge is 2.35. The Kier molecular flexibility index (Phi) is 3.45. The van der Waals surface area contributed by atoms with Crippen LogP contribution in [0.4, 0.5) is 5.69 Å². The number of hydrogen-bond acceptors (Lipinski definition) is 3. The van der Waals surface area contributed by atoms with Crippen LogP contribution in [-0.4, -0.2) is 26.2 Å². The van der Waals surface area contributed by atoms with Crippen molar-refractivity contribution in [2.24, 2.45) is 0 Å². The van der Waals surface area contributed by atoms with Gasteiger partial charge in [0.05, 0.1) is 11.1 Å². The molecule has 0 unspecified atom stereocenters. The summed E-state index contributed by atoms with van der Waals surface area (Å²) in [5.41, 5.74) is 8.82. The van der Waals surface area contributed by atoms with Gasteiger partial charge in [-0.15, -0.1) is 0 Å². The molecule has 0 saturated carbocycles. The van der Waals surface area contributed by atoms with Gasteiger partial charge in [0.2, 0.25) is 5.36 Å². The van der Waals surface area contributed by atoms with Crippen molar-refractivity contribution < 1.29 is 4.74 Å². The summed E-state index contributed by atoms with van der Waals surface area (Å²) in [6.07, 6.45) is 9.10. The first-order valence-electron chi connectivity index (χ1n) is 11.7. The molecule has 30 heavy (non-hydrogen) atoms. The average Bonchev–Trinajstić information content (AvgIpc) is 2.79. The minimum absolute atomic E-state index is 0.828. The molecule has 5 aliphatic heterocycles. The lowest BCUT2D eigenvalue weighted by Crippen LogP contribution is -2.45. The van der Waals surface area contributed by atoms with Gasteiger partial charge in [-0.05, 0) is 56.2 Å². The molecule has 4 nitrogen and oxygen atoms in total. The van der Waals surface area contributed by atoms with Crippen LogP contribution in [0.1, 0.15) is 53.5 Å². The number of nitriles is 1. The molecular weight excluding hydrogens is 371 g/mol. The van der Waals surface area contributed by atoms with Gasteiger partial charge in [0.1, 0.15) is 30.7 Å². The molecule has 2 aromatic rings. The van der Waals surface area contributed by atoms with Crippen LogP contribution < -0.4 is 24.8 Å². The van der Waals surface area contributed by atoms with Crippen molar-refractivity contribution in [1.29, 1.82) is 5.26 Å². The molecule has 0 aliphatic carbocycles. The molecule has 0 N–H and O–H groups in total. The zero-order chi connectivity index (χ0) is 19.8. The monoisotopic (exact) mass is 397 g/mol. The van der Waals surface area contributed by atoms with Gasteiger partial charge in [-0.1, -0.05) is 0 Å². The van der Waals surface area contributed by atoms with E-state index in [-0.39, 0.29) is 0 Å². The maximum atomic E-state index is 10.3. The molecule has 0 amide bonds. The van der Waals surface area contributed by atoms with Gasteiger partial charge < -0.3 is 9.64 Å². The van der Waals surface area contributed by atoms with Crippen molar-refractivity contribution in [1.82, 2.24) is 4.58 Å². The second kappa shape index (κ2) is 6.11. The van der Waals surface area contributed by atoms with Crippen LogP contribution in [-0.2, 0) is 25.7 Å². The minimum atomic E-state index is 0.828. The van der Waals surface area contributed by atoms with Gasteiger partial charge in [-0.25, -0.2) is 4.58 Å². The van der Waals surface area contributed by atoms with E-state index in [9.17, 15) is 5.26 Å². The van der Waals surface area contributed by atoms with E-state index >= 15 is 0 Å². The quantitative estimate of drug-likeness (QED) is 0.507. The van der Waals surface area contributed by atoms with E-state index in [0.29, 0.717) is 0 Å². The Balaban J connectivity index is 1.59. The third kappa shape index (κ3) is 2.13. The van der Waals surface area contributed by atoms with E-state index in [1.54, 1.807) is 0 Å². The summed E-state index contributed by atoms with van der Waals surface area (Å²) < 4.78 is 9.38. The molecule has 4 heteroatoms. The first kappa shape index (κ1) is 16.9. The Hall–Kier alpha value is -2.80. The van der Waals surface area contributed by atoms with E-state index in [0.717, 1.165) is 79.7 Å². The SMILES string of the molecule is [14N]#[13C]C1=c2cc3c4c(c2Oc2c1cc1c5c2CCCN5CCC1)CCC[N+]=4CCC3. The highest BCUT2D eigenvalue weighted by molar-refractivity contribution is 5.87. The summed E-state index contributed by atoms with van der Waals surface area (Å²) in [5, 5.41) is 12.7. The Morgan fingerprint density at radius 3 is 2.50 bits per heavy atom. The van der Waals surface area contributed by atoms with E-state index in [2.05, 4.69) is 27.7 Å². The van der Waals surface area contributed by atoms with Crippen molar-refractivity contribution in [2.75, 3.05) is 31.1 Å². The van der Waals surface area contributed by atoms with Crippen molar-refractivity contribution in [3.63, 3.8) is 0 Å². The van der Waals surface area contributed by atoms with Crippen LogP contribution in [0, 0.1) is 11.3 Å². The summed E-state index contributed by atoms with van der Waals surface area (Å²) in [7, 11) is 0. The largest absolute Gasteiger partial charge is 0.455 e. The first-order valence-corrected chi connectivity index (χ1v) is 11.7. The summed E-state index contributed by atoms with van der Waals surface area (Å²) in [6.45, 7) is 4.60. The third-order valence-corrected chi connectivity index (χ3v) is 7.80. The summed E-state index contributed by atoms with van der Waals surface area (Å²) in [4.78, 5) is 2.56. The predicted molar refractivity (Wildman–Crippen MR) is 117 cm³/mol.